The summed E-state index contributed by atoms with van der Waals surface area (Å²) < 4.78 is 0. The highest BCUT2D eigenvalue weighted by Crippen LogP contribution is 2.19. The Hall–Kier alpha value is -2.40. The minimum Gasteiger partial charge on any atom is -0.392 e. The molecule has 0 bridgehead atoms. The molecule has 2 rings (SSSR count). The molecule has 0 heterocycles. The van der Waals surface area contributed by atoms with Crippen LogP contribution in [0.2, 0.25) is 0 Å². The number of nitro groups is 1. The smallest absolute Gasteiger partial charge is 0.269 e. The molecule has 0 aliphatic rings. The average molecular weight is 286 g/mol. The van der Waals surface area contributed by atoms with Crippen LogP contribution in [0.3, 0.4) is 0 Å². The van der Waals surface area contributed by atoms with E-state index < -0.39 is 11.0 Å². The zero-order chi connectivity index (χ0) is 15.2. The van der Waals surface area contributed by atoms with Gasteiger partial charge in [-0.3, -0.25) is 10.1 Å². The van der Waals surface area contributed by atoms with E-state index in [9.17, 15) is 15.2 Å². The highest BCUT2D eigenvalue weighted by molar-refractivity contribution is 5.47. The summed E-state index contributed by atoms with van der Waals surface area (Å²) in [4.78, 5) is 12.3. The van der Waals surface area contributed by atoms with E-state index in [1.807, 2.05) is 35.2 Å². The molecule has 21 heavy (non-hydrogen) atoms. The van der Waals surface area contributed by atoms with Crippen molar-refractivity contribution >= 4 is 11.4 Å². The second-order valence-electron chi connectivity index (χ2n) is 4.99. The third-order valence-electron chi connectivity index (χ3n) is 3.13. The fourth-order valence-corrected chi connectivity index (χ4v) is 2.16. The third-order valence-corrected chi connectivity index (χ3v) is 3.13. The summed E-state index contributed by atoms with van der Waals surface area (Å²) in [6.07, 6.45) is -0.455. The standard InChI is InChI=1S/C16H18N2O3/c1-13(19)11-17(15-5-3-2-4-6-15)12-14-7-9-16(10-8-14)18(20)21/h2-10,13,19H,11-12H2,1H3/t13-/m1/s1. The van der Waals surface area contributed by atoms with Gasteiger partial charge in [0.15, 0.2) is 0 Å². The lowest BCUT2D eigenvalue weighted by molar-refractivity contribution is -0.384. The number of para-hydroxylation sites is 1. The Morgan fingerprint density at radius 2 is 1.76 bits per heavy atom. The Balaban J connectivity index is 2.17. The van der Waals surface area contributed by atoms with E-state index in [1.54, 1.807) is 19.1 Å². The van der Waals surface area contributed by atoms with E-state index in [0.29, 0.717) is 13.1 Å². The van der Waals surface area contributed by atoms with Crippen molar-refractivity contribution in [2.45, 2.75) is 19.6 Å². The molecule has 0 aliphatic carbocycles. The molecule has 0 aromatic heterocycles. The van der Waals surface area contributed by atoms with Crippen LogP contribution >= 0.6 is 0 Å². The molecular weight excluding hydrogens is 268 g/mol. The Morgan fingerprint density at radius 3 is 2.29 bits per heavy atom. The van der Waals surface area contributed by atoms with Gasteiger partial charge >= 0.3 is 0 Å². The van der Waals surface area contributed by atoms with Crippen LogP contribution in [-0.2, 0) is 6.54 Å². The maximum atomic E-state index is 10.7. The predicted molar refractivity (Wildman–Crippen MR) is 82.3 cm³/mol. The molecule has 1 atom stereocenters. The van der Waals surface area contributed by atoms with Crippen molar-refractivity contribution < 1.29 is 10.0 Å². The monoisotopic (exact) mass is 286 g/mol. The van der Waals surface area contributed by atoms with Crippen LogP contribution < -0.4 is 4.90 Å². The first kappa shape index (κ1) is 15.0. The Bertz CT molecular complexity index is 582. The van der Waals surface area contributed by atoms with E-state index in [4.69, 9.17) is 0 Å². The summed E-state index contributed by atoms with van der Waals surface area (Å²) in [5.74, 6) is 0. The van der Waals surface area contributed by atoms with Crippen molar-refractivity contribution in [2.24, 2.45) is 0 Å². The van der Waals surface area contributed by atoms with Crippen molar-refractivity contribution in [3.63, 3.8) is 0 Å². The van der Waals surface area contributed by atoms with Crippen molar-refractivity contribution in [3.05, 3.63) is 70.3 Å². The third kappa shape index (κ3) is 4.29. The van der Waals surface area contributed by atoms with Gasteiger partial charge < -0.3 is 10.0 Å². The first-order valence-electron chi connectivity index (χ1n) is 6.77. The highest BCUT2D eigenvalue weighted by atomic mass is 16.6. The summed E-state index contributed by atoms with van der Waals surface area (Å²) in [5.41, 5.74) is 2.06. The van der Waals surface area contributed by atoms with Crippen LogP contribution in [0.25, 0.3) is 0 Å². The van der Waals surface area contributed by atoms with Gasteiger partial charge in [-0.15, -0.1) is 0 Å². The fourth-order valence-electron chi connectivity index (χ4n) is 2.16. The first-order chi connectivity index (χ1) is 10.1. The number of hydrogen-bond donors (Lipinski definition) is 1. The first-order valence-corrected chi connectivity index (χ1v) is 6.77. The number of aliphatic hydroxyl groups excluding tert-OH is 1. The minimum absolute atomic E-state index is 0.0838. The van der Waals surface area contributed by atoms with Crippen LogP contribution in [-0.4, -0.2) is 22.7 Å². The van der Waals surface area contributed by atoms with Crippen LogP contribution in [0.4, 0.5) is 11.4 Å². The SMILES string of the molecule is C[C@@H](O)CN(Cc1ccc([N+](=O)[O-])cc1)c1ccccc1. The number of rotatable bonds is 6. The molecular formula is C16H18N2O3. The molecule has 1 N–H and O–H groups in total. The van der Waals surface area contributed by atoms with Gasteiger partial charge in [-0.25, -0.2) is 0 Å². The normalized spacial score (nSPS) is 11.9. The summed E-state index contributed by atoms with van der Waals surface area (Å²) >= 11 is 0. The predicted octanol–water partition coefficient (Wildman–Crippen LogP) is 2.98. The van der Waals surface area contributed by atoms with Crippen LogP contribution in [0, 0.1) is 10.1 Å². The molecule has 0 amide bonds. The lowest BCUT2D eigenvalue weighted by Crippen LogP contribution is -2.30. The Labute approximate surface area is 123 Å². The van der Waals surface area contributed by atoms with Crippen molar-refractivity contribution in [2.75, 3.05) is 11.4 Å². The van der Waals surface area contributed by atoms with E-state index in [1.165, 1.54) is 12.1 Å². The number of benzene rings is 2. The molecule has 0 spiro atoms. The minimum atomic E-state index is -0.455. The van der Waals surface area contributed by atoms with E-state index >= 15 is 0 Å². The van der Waals surface area contributed by atoms with Crippen molar-refractivity contribution in [1.29, 1.82) is 0 Å². The average Bonchev–Trinajstić information content (AvgIpc) is 2.47. The molecule has 0 saturated carbocycles. The van der Waals surface area contributed by atoms with Gasteiger partial charge in [-0.05, 0) is 24.6 Å². The fraction of sp³-hybridized carbons (Fsp3) is 0.250. The highest BCUT2D eigenvalue weighted by Gasteiger charge is 2.11. The molecule has 2 aromatic carbocycles. The van der Waals surface area contributed by atoms with Gasteiger partial charge in [0.25, 0.3) is 5.69 Å². The van der Waals surface area contributed by atoms with Crippen LogP contribution in [0.5, 0.6) is 0 Å². The van der Waals surface area contributed by atoms with E-state index in [2.05, 4.69) is 0 Å². The van der Waals surface area contributed by atoms with Crippen molar-refractivity contribution in [1.82, 2.24) is 0 Å². The summed E-state index contributed by atoms with van der Waals surface area (Å²) in [6, 6.07) is 16.3. The molecule has 0 unspecified atom stereocenters. The molecule has 0 aliphatic heterocycles. The molecule has 5 nitrogen and oxygen atoms in total. The van der Waals surface area contributed by atoms with Crippen LogP contribution in [0.1, 0.15) is 12.5 Å². The van der Waals surface area contributed by atoms with E-state index in [-0.39, 0.29) is 5.69 Å². The van der Waals surface area contributed by atoms with Gasteiger partial charge in [0, 0.05) is 30.9 Å². The van der Waals surface area contributed by atoms with Gasteiger partial charge in [-0.2, -0.15) is 0 Å². The molecule has 110 valence electrons. The largest absolute Gasteiger partial charge is 0.392 e. The maximum absolute atomic E-state index is 10.7. The van der Waals surface area contributed by atoms with E-state index in [0.717, 1.165) is 11.3 Å². The topological polar surface area (TPSA) is 66.6 Å². The molecule has 0 saturated heterocycles. The van der Waals surface area contributed by atoms with Crippen LogP contribution in [0.15, 0.2) is 54.6 Å². The number of nitrogens with zero attached hydrogens (tertiary/aromatic N) is 2. The Kier molecular flexibility index (Phi) is 4.90. The molecule has 2 aromatic rings. The number of non-ortho nitro benzene ring substituents is 1. The second kappa shape index (κ2) is 6.85. The Morgan fingerprint density at radius 1 is 1.14 bits per heavy atom. The zero-order valence-electron chi connectivity index (χ0n) is 11.8. The maximum Gasteiger partial charge on any atom is 0.269 e. The molecule has 5 heteroatoms. The van der Waals surface area contributed by atoms with Gasteiger partial charge in [0.2, 0.25) is 0 Å². The summed E-state index contributed by atoms with van der Waals surface area (Å²) in [5, 5.41) is 20.3. The lowest BCUT2D eigenvalue weighted by atomic mass is 10.1. The number of aliphatic hydroxyl groups is 1. The molecule has 0 fully saturated rings. The van der Waals surface area contributed by atoms with Gasteiger partial charge in [0.1, 0.15) is 0 Å². The van der Waals surface area contributed by atoms with Gasteiger partial charge in [0.05, 0.1) is 11.0 Å². The quantitative estimate of drug-likeness (QED) is 0.655. The lowest BCUT2D eigenvalue weighted by Gasteiger charge is -2.26. The van der Waals surface area contributed by atoms with Crippen molar-refractivity contribution in [3.8, 4) is 0 Å². The number of anilines is 1. The number of hydrogen-bond acceptors (Lipinski definition) is 4. The second-order valence-corrected chi connectivity index (χ2v) is 4.99. The van der Waals surface area contributed by atoms with Gasteiger partial charge in [-0.1, -0.05) is 30.3 Å². The molecule has 0 radical (unpaired) electrons. The zero-order valence-corrected chi connectivity index (χ0v) is 11.8. The summed E-state index contributed by atoms with van der Waals surface area (Å²) in [6.45, 7) is 2.83. The summed E-state index contributed by atoms with van der Waals surface area (Å²) in [7, 11) is 0. The number of nitro benzene ring substituents is 1.